The summed E-state index contributed by atoms with van der Waals surface area (Å²) in [6, 6.07) is 5.63. The van der Waals surface area contributed by atoms with Crippen LogP contribution < -0.4 is 5.32 Å². The predicted octanol–water partition coefficient (Wildman–Crippen LogP) is 0.382. The molecule has 0 unspecified atom stereocenters. The Balaban J connectivity index is 1.76. The van der Waals surface area contributed by atoms with E-state index in [2.05, 4.69) is 25.7 Å². The van der Waals surface area contributed by atoms with Crippen LogP contribution in [0, 0.1) is 0 Å². The number of H-pyrrole nitrogens is 1. The van der Waals surface area contributed by atoms with Gasteiger partial charge in [0.2, 0.25) is 0 Å². The summed E-state index contributed by atoms with van der Waals surface area (Å²) in [6.45, 7) is 0.315. The van der Waals surface area contributed by atoms with Crippen LogP contribution in [0.3, 0.4) is 0 Å². The fraction of sp³-hybridized carbons (Fsp3) is 0.0909. The molecular formula is C11H10N6O. The summed E-state index contributed by atoms with van der Waals surface area (Å²) in [5.74, 6) is 0.485. The molecule has 2 N–H and O–H groups in total. The van der Waals surface area contributed by atoms with Crippen LogP contribution in [-0.2, 0) is 6.54 Å². The first-order valence-corrected chi connectivity index (χ1v) is 5.40. The molecule has 0 aliphatic carbocycles. The lowest BCUT2D eigenvalue weighted by Crippen LogP contribution is -2.23. The van der Waals surface area contributed by atoms with Gasteiger partial charge in [-0.2, -0.15) is 5.10 Å². The Labute approximate surface area is 102 Å². The second kappa shape index (κ2) is 4.28. The van der Waals surface area contributed by atoms with E-state index in [0.717, 1.165) is 5.65 Å². The Morgan fingerprint density at radius 2 is 2.33 bits per heavy atom. The molecule has 0 spiro atoms. The first-order chi connectivity index (χ1) is 8.84. The molecule has 0 atom stereocenters. The normalized spacial score (nSPS) is 10.7. The molecule has 7 heteroatoms. The van der Waals surface area contributed by atoms with E-state index in [1.807, 2.05) is 28.8 Å². The molecule has 3 aromatic rings. The van der Waals surface area contributed by atoms with Gasteiger partial charge in [0.15, 0.2) is 11.5 Å². The van der Waals surface area contributed by atoms with Crippen molar-refractivity contribution in [2.45, 2.75) is 6.54 Å². The zero-order chi connectivity index (χ0) is 12.4. The summed E-state index contributed by atoms with van der Waals surface area (Å²) in [5.41, 5.74) is 1.24. The van der Waals surface area contributed by atoms with Crippen molar-refractivity contribution in [3.8, 4) is 0 Å². The standard InChI is InChI=1S/C11H10N6O/c18-11(8-5-13-14-6-8)12-7-10-16-15-9-3-1-2-4-17(9)10/h1-6H,7H2,(H,12,18)(H,13,14). The average Bonchev–Trinajstić information content (AvgIpc) is 3.06. The van der Waals surface area contributed by atoms with Gasteiger partial charge in [-0.05, 0) is 12.1 Å². The first kappa shape index (κ1) is 10.5. The Bertz CT molecular complexity index is 672. The number of amides is 1. The van der Waals surface area contributed by atoms with E-state index >= 15 is 0 Å². The second-order valence-electron chi connectivity index (χ2n) is 3.71. The topological polar surface area (TPSA) is 88.0 Å². The van der Waals surface area contributed by atoms with E-state index in [1.165, 1.54) is 12.4 Å². The van der Waals surface area contributed by atoms with E-state index in [0.29, 0.717) is 17.9 Å². The van der Waals surface area contributed by atoms with Gasteiger partial charge in [-0.25, -0.2) is 0 Å². The second-order valence-corrected chi connectivity index (χ2v) is 3.71. The molecule has 3 heterocycles. The van der Waals surface area contributed by atoms with Gasteiger partial charge in [0.1, 0.15) is 0 Å². The zero-order valence-corrected chi connectivity index (χ0v) is 9.37. The number of nitrogens with one attached hydrogen (secondary N) is 2. The molecule has 18 heavy (non-hydrogen) atoms. The Kier molecular flexibility index (Phi) is 2.49. The van der Waals surface area contributed by atoms with Crippen LogP contribution in [0.1, 0.15) is 16.2 Å². The van der Waals surface area contributed by atoms with E-state index in [1.54, 1.807) is 0 Å². The fourth-order valence-corrected chi connectivity index (χ4v) is 1.65. The van der Waals surface area contributed by atoms with Gasteiger partial charge >= 0.3 is 0 Å². The molecule has 90 valence electrons. The molecule has 0 fully saturated rings. The van der Waals surface area contributed by atoms with Crippen LogP contribution in [0.25, 0.3) is 5.65 Å². The molecule has 3 rings (SSSR count). The van der Waals surface area contributed by atoms with Crippen LogP contribution in [0.2, 0.25) is 0 Å². The zero-order valence-electron chi connectivity index (χ0n) is 9.37. The minimum atomic E-state index is -0.198. The number of hydrogen-bond donors (Lipinski definition) is 2. The Morgan fingerprint density at radius 1 is 1.39 bits per heavy atom. The van der Waals surface area contributed by atoms with Crippen LogP contribution in [0.4, 0.5) is 0 Å². The number of rotatable bonds is 3. The van der Waals surface area contributed by atoms with Crippen molar-refractivity contribution in [3.63, 3.8) is 0 Å². The molecule has 0 bridgehead atoms. The number of aromatic nitrogens is 5. The first-order valence-electron chi connectivity index (χ1n) is 5.40. The molecule has 0 radical (unpaired) electrons. The largest absolute Gasteiger partial charge is 0.345 e. The number of carbonyl (C=O) groups is 1. The van der Waals surface area contributed by atoms with Crippen molar-refractivity contribution >= 4 is 11.6 Å². The van der Waals surface area contributed by atoms with Crippen LogP contribution in [0.5, 0.6) is 0 Å². The number of pyridine rings is 1. The van der Waals surface area contributed by atoms with Gasteiger partial charge in [0.25, 0.3) is 5.91 Å². The van der Waals surface area contributed by atoms with E-state index in [4.69, 9.17) is 0 Å². The lowest BCUT2D eigenvalue weighted by atomic mass is 10.3. The maximum Gasteiger partial charge on any atom is 0.254 e. The van der Waals surface area contributed by atoms with Crippen molar-refractivity contribution in [1.29, 1.82) is 0 Å². The summed E-state index contributed by atoms with van der Waals surface area (Å²) < 4.78 is 1.83. The summed E-state index contributed by atoms with van der Waals surface area (Å²) in [4.78, 5) is 11.7. The van der Waals surface area contributed by atoms with Crippen molar-refractivity contribution in [1.82, 2.24) is 30.1 Å². The van der Waals surface area contributed by atoms with E-state index in [9.17, 15) is 4.79 Å². The van der Waals surface area contributed by atoms with Gasteiger partial charge in [-0.3, -0.25) is 14.3 Å². The van der Waals surface area contributed by atoms with Crippen molar-refractivity contribution < 1.29 is 4.79 Å². The van der Waals surface area contributed by atoms with E-state index < -0.39 is 0 Å². The highest BCUT2D eigenvalue weighted by atomic mass is 16.1. The number of hydrogen-bond acceptors (Lipinski definition) is 4. The predicted molar refractivity (Wildman–Crippen MR) is 62.7 cm³/mol. The summed E-state index contributed by atoms with van der Waals surface area (Å²) >= 11 is 0. The molecular weight excluding hydrogens is 232 g/mol. The van der Waals surface area contributed by atoms with Gasteiger partial charge in [0.05, 0.1) is 18.3 Å². The highest BCUT2D eigenvalue weighted by molar-refractivity contribution is 5.93. The van der Waals surface area contributed by atoms with Crippen molar-refractivity contribution in [2.75, 3.05) is 0 Å². The van der Waals surface area contributed by atoms with Gasteiger partial charge in [-0.15, -0.1) is 10.2 Å². The van der Waals surface area contributed by atoms with Crippen molar-refractivity contribution in [2.24, 2.45) is 0 Å². The number of aromatic amines is 1. The highest BCUT2D eigenvalue weighted by Crippen LogP contribution is 2.02. The smallest absolute Gasteiger partial charge is 0.254 e. The molecule has 0 saturated carbocycles. The lowest BCUT2D eigenvalue weighted by molar-refractivity contribution is 0.0950. The van der Waals surface area contributed by atoms with Gasteiger partial charge in [0, 0.05) is 12.4 Å². The number of nitrogens with zero attached hydrogens (tertiary/aromatic N) is 4. The van der Waals surface area contributed by atoms with Crippen LogP contribution in [-0.4, -0.2) is 30.7 Å². The number of fused-ring (bicyclic) bond motifs is 1. The third-order valence-electron chi connectivity index (χ3n) is 2.55. The number of carbonyl (C=O) groups excluding carboxylic acids is 1. The molecule has 0 aliphatic heterocycles. The van der Waals surface area contributed by atoms with Crippen LogP contribution in [0.15, 0.2) is 36.8 Å². The quantitative estimate of drug-likeness (QED) is 0.695. The third kappa shape index (κ3) is 1.81. The van der Waals surface area contributed by atoms with Gasteiger partial charge in [-0.1, -0.05) is 6.07 Å². The lowest BCUT2D eigenvalue weighted by Gasteiger charge is -2.01. The molecule has 0 aromatic carbocycles. The maximum absolute atomic E-state index is 11.7. The molecule has 0 saturated heterocycles. The third-order valence-corrected chi connectivity index (χ3v) is 2.55. The van der Waals surface area contributed by atoms with Gasteiger partial charge < -0.3 is 5.32 Å². The monoisotopic (exact) mass is 242 g/mol. The molecule has 3 aromatic heterocycles. The molecule has 1 amide bonds. The summed E-state index contributed by atoms with van der Waals surface area (Å²) in [6.07, 6.45) is 4.86. The highest BCUT2D eigenvalue weighted by Gasteiger charge is 2.09. The van der Waals surface area contributed by atoms with E-state index in [-0.39, 0.29) is 5.91 Å². The minimum Gasteiger partial charge on any atom is -0.345 e. The molecule has 0 aliphatic rings. The van der Waals surface area contributed by atoms with Crippen LogP contribution >= 0.6 is 0 Å². The maximum atomic E-state index is 11.7. The van der Waals surface area contributed by atoms with Crippen molar-refractivity contribution in [3.05, 3.63) is 48.2 Å². The SMILES string of the molecule is O=C(NCc1nnc2ccccn12)c1cn[nH]c1. The Morgan fingerprint density at radius 3 is 3.17 bits per heavy atom. The average molecular weight is 242 g/mol. The minimum absolute atomic E-state index is 0.198. The molecule has 7 nitrogen and oxygen atoms in total. The summed E-state index contributed by atoms with van der Waals surface area (Å²) in [5, 5.41) is 17.1. The summed E-state index contributed by atoms with van der Waals surface area (Å²) in [7, 11) is 0. The Hall–Kier alpha value is -2.70. The fourth-order valence-electron chi connectivity index (χ4n) is 1.65.